The lowest BCUT2D eigenvalue weighted by Gasteiger charge is -2.14. The maximum Gasteiger partial charge on any atom is 0.203 e. The van der Waals surface area contributed by atoms with Crippen molar-refractivity contribution in [1.29, 1.82) is 0 Å². The molecule has 0 unspecified atom stereocenters. The van der Waals surface area contributed by atoms with Crippen LogP contribution in [0.3, 0.4) is 0 Å². The molecule has 0 bridgehead atoms. The van der Waals surface area contributed by atoms with Crippen molar-refractivity contribution in [2.45, 2.75) is 0 Å². The smallest absolute Gasteiger partial charge is 0.203 e. The molecule has 0 saturated carbocycles. The van der Waals surface area contributed by atoms with Gasteiger partial charge in [-0.1, -0.05) is 18.2 Å². The van der Waals surface area contributed by atoms with Crippen LogP contribution in [0.5, 0.6) is 17.2 Å². The van der Waals surface area contributed by atoms with Gasteiger partial charge >= 0.3 is 0 Å². The third-order valence-corrected chi connectivity index (χ3v) is 3.73. The molecular weight excluding hydrogens is 304 g/mol. The Morgan fingerprint density at radius 3 is 2.33 bits per heavy atom. The summed E-state index contributed by atoms with van der Waals surface area (Å²) in [5.74, 6) is 1.81. The SMILES string of the molecule is COc1ccc(/C=C/c2ncnc3ccccc23)c(OC)c1OC. The first-order valence-corrected chi connectivity index (χ1v) is 7.45. The molecule has 122 valence electrons. The second-order valence-corrected chi connectivity index (χ2v) is 5.03. The van der Waals surface area contributed by atoms with Crippen molar-refractivity contribution >= 4 is 23.1 Å². The van der Waals surface area contributed by atoms with Gasteiger partial charge in [-0.3, -0.25) is 0 Å². The molecule has 0 N–H and O–H groups in total. The molecule has 0 spiro atoms. The number of nitrogens with zero attached hydrogens (tertiary/aromatic N) is 2. The molecule has 0 saturated heterocycles. The first-order chi connectivity index (χ1) is 11.8. The largest absolute Gasteiger partial charge is 0.493 e. The molecule has 0 fully saturated rings. The summed E-state index contributed by atoms with van der Waals surface area (Å²) in [6.07, 6.45) is 5.44. The van der Waals surface area contributed by atoms with Crippen LogP contribution in [0, 0.1) is 0 Å². The van der Waals surface area contributed by atoms with Crippen molar-refractivity contribution in [1.82, 2.24) is 9.97 Å². The van der Waals surface area contributed by atoms with Gasteiger partial charge in [-0.25, -0.2) is 9.97 Å². The molecule has 0 amide bonds. The third-order valence-electron chi connectivity index (χ3n) is 3.73. The fourth-order valence-electron chi connectivity index (χ4n) is 2.58. The van der Waals surface area contributed by atoms with Crippen molar-refractivity contribution in [3.63, 3.8) is 0 Å². The minimum absolute atomic E-state index is 0.565. The summed E-state index contributed by atoms with van der Waals surface area (Å²) in [7, 11) is 4.79. The first-order valence-electron chi connectivity index (χ1n) is 7.45. The zero-order chi connectivity index (χ0) is 16.9. The van der Waals surface area contributed by atoms with Crippen molar-refractivity contribution in [2.75, 3.05) is 21.3 Å². The number of methoxy groups -OCH3 is 3. The average Bonchev–Trinajstić information content (AvgIpc) is 2.65. The Morgan fingerprint density at radius 1 is 0.792 bits per heavy atom. The molecule has 0 aliphatic carbocycles. The van der Waals surface area contributed by atoms with E-state index in [-0.39, 0.29) is 0 Å². The fraction of sp³-hybridized carbons (Fsp3) is 0.158. The highest BCUT2D eigenvalue weighted by molar-refractivity contribution is 5.89. The van der Waals surface area contributed by atoms with Gasteiger partial charge in [-0.2, -0.15) is 0 Å². The number of para-hydroxylation sites is 1. The molecule has 5 heteroatoms. The van der Waals surface area contributed by atoms with Crippen LogP contribution in [0.25, 0.3) is 23.1 Å². The van der Waals surface area contributed by atoms with Crippen LogP contribution in [0.4, 0.5) is 0 Å². The monoisotopic (exact) mass is 322 g/mol. The Bertz CT molecular complexity index is 886. The van der Waals surface area contributed by atoms with Gasteiger partial charge < -0.3 is 14.2 Å². The Labute approximate surface area is 140 Å². The van der Waals surface area contributed by atoms with E-state index in [4.69, 9.17) is 14.2 Å². The average molecular weight is 322 g/mol. The second-order valence-electron chi connectivity index (χ2n) is 5.03. The van der Waals surface area contributed by atoms with Crippen LogP contribution < -0.4 is 14.2 Å². The molecule has 0 aliphatic heterocycles. The number of benzene rings is 2. The van der Waals surface area contributed by atoms with Gasteiger partial charge in [0.05, 0.1) is 32.5 Å². The molecule has 3 rings (SSSR count). The minimum atomic E-state index is 0.565. The highest BCUT2D eigenvalue weighted by Crippen LogP contribution is 2.40. The van der Waals surface area contributed by atoms with Crippen LogP contribution in [-0.4, -0.2) is 31.3 Å². The zero-order valence-electron chi connectivity index (χ0n) is 13.8. The van der Waals surface area contributed by atoms with E-state index in [1.54, 1.807) is 27.7 Å². The van der Waals surface area contributed by atoms with Crippen molar-refractivity contribution < 1.29 is 14.2 Å². The number of rotatable bonds is 5. The van der Waals surface area contributed by atoms with E-state index in [1.165, 1.54) is 0 Å². The lowest BCUT2D eigenvalue weighted by molar-refractivity contribution is 0.324. The maximum absolute atomic E-state index is 5.50. The third kappa shape index (κ3) is 2.88. The number of aromatic nitrogens is 2. The quantitative estimate of drug-likeness (QED) is 0.714. The summed E-state index contributed by atoms with van der Waals surface area (Å²) < 4.78 is 16.2. The molecule has 5 nitrogen and oxygen atoms in total. The molecular formula is C19H18N2O3. The maximum atomic E-state index is 5.50. The summed E-state index contributed by atoms with van der Waals surface area (Å²) >= 11 is 0. The Hall–Kier alpha value is -3.08. The molecule has 0 atom stereocenters. The number of fused-ring (bicyclic) bond motifs is 1. The normalized spacial score (nSPS) is 11.0. The highest BCUT2D eigenvalue weighted by Gasteiger charge is 2.14. The fourth-order valence-corrected chi connectivity index (χ4v) is 2.58. The van der Waals surface area contributed by atoms with Crippen LogP contribution in [0.1, 0.15) is 11.3 Å². The highest BCUT2D eigenvalue weighted by atomic mass is 16.5. The molecule has 24 heavy (non-hydrogen) atoms. The predicted octanol–water partition coefficient (Wildman–Crippen LogP) is 3.83. The lowest BCUT2D eigenvalue weighted by atomic mass is 10.1. The van der Waals surface area contributed by atoms with E-state index in [2.05, 4.69) is 9.97 Å². The summed E-state index contributed by atoms with van der Waals surface area (Å²) in [4.78, 5) is 8.63. The minimum Gasteiger partial charge on any atom is -0.493 e. The topological polar surface area (TPSA) is 53.5 Å². The Morgan fingerprint density at radius 2 is 1.58 bits per heavy atom. The van der Waals surface area contributed by atoms with E-state index in [1.807, 2.05) is 48.6 Å². The summed E-state index contributed by atoms with van der Waals surface area (Å²) in [5.41, 5.74) is 2.63. The van der Waals surface area contributed by atoms with Crippen LogP contribution in [-0.2, 0) is 0 Å². The van der Waals surface area contributed by atoms with Crippen molar-refractivity contribution in [3.8, 4) is 17.2 Å². The van der Waals surface area contributed by atoms with Crippen LogP contribution in [0.15, 0.2) is 42.7 Å². The Kier molecular flexibility index (Phi) is 4.61. The summed E-state index contributed by atoms with van der Waals surface area (Å²) in [6, 6.07) is 11.7. The van der Waals surface area contributed by atoms with Gasteiger partial charge in [0.2, 0.25) is 5.75 Å². The van der Waals surface area contributed by atoms with E-state index >= 15 is 0 Å². The van der Waals surface area contributed by atoms with E-state index < -0.39 is 0 Å². The molecule has 0 radical (unpaired) electrons. The molecule has 3 aromatic rings. The van der Waals surface area contributed by atoms with E-state index in [0.29, 0.717) is 17.2 Å². The van der Waals surface area contributed by atoms with Gasteiger partial charge in [-0.15, -0.1) is 0 Å². The molecule has 0 aliphatic rings. The van der Waals surface area contributed by atoms with Crippen molar-refractivity contribution in [2.24, 2.45) is 0 Å². The van der Waals surface area contributed by atoms with Crippen LogP contribution in [0.2, 0.25) is 0 Å². The number of hydrogen-bond donors (Lipinski definition) is 0. The lowest BCUT2D eigenvalue weighted by Crippen LogP contribution is -1.96. The van der Waals surface area contributed by atoms with Gasteiger partial charge in [0.15, 0.2) is 11.5 Å². The summed E-state index contributed by atoms with van der Waals surface area (Å²) in [5, 5.41) is 0.996. The molecule has 2 aromatic carbocycles. The summed E-state index contributed by atoms with van der Waals surface area (Å²) in [6.45, 7) is 0. The predicted molar refractivity (Wildman–Crippen MR) is 94.6 cm³/mol. The van der Waals surface area contributed by atoms with Gasteiger partial charge in [-0.05, 0) is 30.4 Å². The van der Waals surface area contributed by atoms with E-state index in [9.17, 15) is 0 Å². The number of hydrogen-bond acceptors (Lipinski definition) is 5. The number of ether oxygens (including phenoxy) is 3. The first kappa shape index (κ1) is 15.8. The van der Waals surface area contributed by atoms with Gasteiger partial charge in [0.25, 0.3) is 0 Å². The van der Waals surface area contributed by atoms with Gasteiger partial charge in [0, 0.05) is 10.9 Å². The zero-order valence-corrected chi connectivity index (χ0v) is 13.8. The standard InChI is InChI=1S/C19H18N2O3/c1-22-17-11-9-13(18(23-2)19(17)24-3)8-10-16-14-6-4-5-7-15(14)20-12-21-16/h4-12H,1-3H3/b10-8+. The molecule has 1 heterocycles. The second kappa shape index (κ2) is 7.00. The van der Waals surface area contributed by atoms with Gasteiger partial charge in [0.1, 0.15) is 6.33 Å². The van der Waals surface area contributed by atoms with Crippen molar-refractivity contribution in [3.05, 3.63) is 54.0 Å². The van der Waals surface area contributed by atoms with Crippen LogP contribution >= 0.6 is 0 Å². The Balaban J connectivity index is 2.05. The molecule has 1 aromatic heterocycles. The van der Waals surface area contributed by atoms with E-state index in [0.717, 1.165) is 22.2 Å².